The van der Waals surface area contributed by atoms with Crippen LogP contribution in [0.1, 0.15) is 22.3 Å². The molecule has 4 nitrogen and oxygen atoms in total. The Bertz CT molecular complexity index is 737. The van der Waals surface area contributed by atoms with Gasteiger partial charge < -0.3 is 9.47 Å². The molecule has 1 atom stereocenters. The van der Waals surface area contributed by atoms with Gasteiger partial charge in [-0.15, -0.1) is 5.73 Å². The quantitative estimate of drug-likeness (QED) is 0.802. The summed E-state index contributed by atoms with van der Waals surface area (Å²) in [6.45, 7) is 0. The van der Waals surface area contributed by atoms with E-state index in [-0.39, 0.29) is 11.7 Å². The smallest absolute Gasteiger partial charge is 0.167 e. The zero-order chi connectivity index (χ0) is 15.5. The molecule has 1 aromatic rings. The van der Waals surface area contributed by atoms with Crippen LogP contribution in [0.3, 0.4) is 0 Å². The summed E-state index contributed by atoms with van der Waals surface area (Å²) in [5.74, 6) is 1.35. The summed E-state index contributed by atoms with van der Waals surface area (Å²) >= 11 is 0. The van der Waals surface area contributed by atoms with E-state index in [1.54, 1.807) is 38.8 Å². The number of rotatable bonds is 4. The second-order valence-corrected chi connectivity index (χ2v) is 5.28. The summed E-state index contributed by atoms with van der Waals surface area (Å²) in [5.41, 5.74) is 5.90. The van der Waals surface area contributed by atoms with Crippen molar-refractivity contribution in [2.45, 2.75) is 12.8 Å². The first-order valence-electron chi connectivity index (χ1n) is 7.16. The summed E-state index contributed by atoms with van der Waals surface area (Å²) in [6.07, 6.45) is 8.46. The van der Waals surface area contributed by atoms with Crippen molar-refractivity contribution in [2.75, 3.05) is 14.2 Å². The van der Waals surface area contributed by atoms with Crippen molar-refractivity contribution in [1.29, 1.82) is 0 Å². The largest absolute Gasteiger partial charge is 0.493 e. The van der Waals surface area contributed by atoms with E-state index >= 15 is 0 Å². The molecule has 4 heteroatoms. The van der Waals surface area contributed by atoms with E-state index in [1.807, 2.05) is 12.1 Å². The Kier molecular flexibility index (Phi) is 3.94. The van der Waals surface area contributed by atoms with E-state index in [1.165, 1.54) is 0 Å². The average Bonchev–Trinajstić information content (AvgIpc) is 2.72. The molecule has 0 radical (unpaired) electrons. The lowest BCUT2D eigenvalue weighted by molar-refractivity contribution is 0.0936. The molecule has 1 aromatic carbocycles. The van der Waals surface area contributed by atoms with Crippen molar-refractivity contribution in [2.24, 2.45) is 10.9 Å². The normalized spacial score (nSPS) is 18.9. The minimum atomic E-state index is -0.0644. The van der Waals surface area contributed by atoms with Gasteiger partial charge in [-0.1, -0.05) is 0 Å². The van der Waals surface area contributed by atoms with Gasteiger partial charge in [0.05, 0.1) is 14.2 Å². The monoisotopic (exact) mass is 295 g/mol. The summed E-state index contributed by atoms with van der Waals surface area (Å²) in [6, 6.07) is 3.69. The molecule has 3 rings (SSSR count). The Morgan fingerprint density at radius 2 is 2.05 bits per heavy atom. The first kappa shape index (κ1) is 14.4. The van der Waals surface area contributed by atoms with Gasteiger partial charge in [-0.25, -0.2) is 0 Å². The standard InChI is InChI=1S/C18H17NO3/c1-21-16-10-13-9-14(8-12-4-3-6-19-7-5-12)18(20)15(13)11-17(16)22-2/h3,5-7,10-11,14H,8-9H2,1-2H3. The number of hydrogen-bond donors (Lipinski definition) is 0. The van der Waals surface area contributed by atoms with Gasteiger partial charge in [0.15, 0.2) is 17.3 Å². The summed E-state index contributed by atoms with van der Waals surface area (Å²) in [5, 5.41) is 0. The van der Waals surface area contributed by atoms with Crippen LogP contribution in [0.25, 0.3) is 0 Å². The maximum atomic E-state index is 12.6. The SMILES string of the molecule is COc1cc2c(cc1OC)C(=O)C(CC1=C=CC=NC=C1)C2. The molecular formula is C18H17NO3. The molecule has 0 amide bonds. The Morgan fingerprint density at radius 3 is 2.82 bits per heavy atom. The molecule has 0 N–H and O–H groups in total. The zero-order valence-electron chi connectivity index (χ0n) is 12.6. The summed E-state index contributed by atoms with van der Waals surface area (Å²) in [7, 11) is 3.18. The average molecular weight is 295 g/mol. The van der Waals surface area contributed by atoms with Crippen molar-refractivity contribution in [3.05, 3.63) is 52.9 Å². The molecule has 22 heavy (non-hydrogen) atoms. The molecule has 1 heterocycles. The van der Waals surface area contributed by atoms with Crippen LogP contribution < -0.4 is 9.47 Å². The minimum Gasteiger partial charge on any atom is -0.493 e. The predicted molar refractivity (Wildman–Crippen MR) is 84.9 cm³/mol. The number of fused-ring (bicyclic) bond motifs is 1. The highest BCUT2D eigenvalue weighted by Crippen LogP contribution is 2.38. The van der Waals surface area contributed by atoms with Crippen molar-refractivity contribution in [3.8, 4) is 11.5 Å². The number of Topliss-reactive ketones (excluding diaryl/α,β-unsaturated/α-hetero) is 1. The lowest BCUT2D eigenvalue weighted by atomic mass is 9.96. The summed E-state index contributed by atoms with van der Waals surface area (Å²) in [4.78, 5) is 16.7. The number of nitrogens with zero attached hydrogens (tertiary/aromatic N) is 1. The van der Waals surface area contributed by atoms with Crippen LogP contribution in [0, 0.1) is 5.92 Å². The van der Waals surface area contributed by atoms with Crippen LogP contribution in [-0.4, -0.2) is 26.2 Å². The Balaban J connectivity index is 1.86. The first-order chi connectivity index (χ1) is 10.7. The van der Waals surface area contributed by atoms with Gasteiger partial charge >= 0.3 is 0 Å². The third kappa shape index (κ3) is 2.61. The topological polar surface area (TPSA) is 47.9 Å². The van der Waals surface area contributed by atoms with Gasteiger partial charge in [0.25, 0.3) is 0 Å². The lowest BCUT2D eigenvalue weighted by Crippen LogP contribution is -2.09. The van der Waals surface area contributed by atoms with Crippen molar-refractivity contribution in [1.82, 2.24) is 0 Å². The van der Waals surface area contributed by atoms with Crippen LogP contribution in [0.4, 0.5) is 0 Å². The van der Waals surface area contributed by atoms with E-state index in [0.717, 1.165) is 16.7 Å². The molecule has 0 saturated carbocycles. The van der Waals surface area contributed by atoms with E-state index in [4.69, 9.17) is 9.47 Å². The fourth-order valence-corrected chi connectivity index (χ4v) is 2.87. The molecule has 0 spiro atoms. The maximum absolute atomic E-state index is 12.6. The van der Waals surface area contributed by atoms with Gasteiger partial charge in [-0.2, -0.15) is 0 Å². The van der Waals surface area contributed by atoms with Gasteiger partial charge in [-0.3, -0.25) is 9.79 Å². The number of carbonyl (C=O) groups is 1. The highest BCUT2D eigenvalue weighted by atomic mass is 16.5. The van der Waals surface area contributed by atoms with E-state index < -0.39 is 0 Å². The third-order valence-corrected chi connectivity index (χ3v) is 3.97. The number of methoxy groups -OCH3 is 2. The maximum Gasteiger partial charge on any atom is 0.167 e. The van der Waals surface area contributed by atoms with Gasteiger partial charge in [0, 0.05) is 23.9 Å². The van der Waals surface area contributed by atoms with Crippen molar-refractivity contribution in [3.63, 3.8) is 0 Å². The lowest BCUT2D eigenvalue weighted by Gasteiger charge is -2.09. The molecular weight excluding hydrogens is 278 g/mol. The molecule has 0 saturated heterocycles. The van der Waals surface area contributed by atoms with E-state index in [2.05, 4.69) is 10.7 Å². The molecule has 1 aliphatic carbocycles. The third-order valence-electron chi connectivity index (χ3n) is 3.97. The Morgan fingerprint density at radius 1 is 1.27 bits per heavy atom. The molecule has 0 bridgehead atoms. The second kappa shape index (κ2) is 6.04. The minimum absolute atomic E-state index is 0.0644. The van der Waals surface area contributed by atoms with Crippen molar-refractivity contribution < 1.29 is 14.3 Å². The molecule has 1 aliphatic heterocycles. The number of aliphatic imine (C=N–C) groups is 1. The highest BCUT2D eigenvalue weighted by molar-refractivity contribution is 6.03. The van der Waals surface area contributed by atoms with E-state index in [9.17, 15) is 4.79 Å². The van der Waals surface area contributed by atoms with Crippen LogP contribution in [0.5, 0.6) is 11.5 Å². The fourth-order valence-electron chi connectivity index (χ4n) is 2.87. The van der Waals surface area contributed by atoms with Crippen LogP contribution in [-0.2, 0) is 6.42 Å². The number of ether oxygens (including phenoxy) is 2. The zero-order valence-corrected chi connectivity index (χ0v) is 12.6. The number of hydrogen-bond acceptors (Lipinski definition) is 4. The van der Waals surface area contributed by atoms with Gasteiger partial charge in [-0.05, 0) is 48.3 Å². The number of ketones is 1. The number of allylic oxidation sites excluding steroid dienone is 2. The first-order valence-corrected chi connectivity index (χ1v) is 7.16. The number of benzene rings is 1. The van der Waals surface area contributed by atoms with E-state index in [0.29, 0.717) is 24.3 Å². The van der Waals surface area contributed by atoms with Crippen LogP contribution >= 0.6 is 0 Å². The molecule has 0 aromatic heterocycles. The highest BCUT2D eigenvalue weighted by Gasteiger charge is 2.32. The number of carbonyl (C=O) groups excluding carboxylic acids is 1. The molecule has 0 fully saturated rings. The summed E-state index contributed by atoms with van der Waals surface area (Å²) < 4.78 is 10.6. The molecule has 112 valence electrons. The van der Waals surface area contributed by atoms with Gasteiger partial charge in [0.2, 0.25) is 0 Å². The predicted octanol–water partition coefficient (Wildman–Crippen LogP) is 3.13. The fraction of sp³-hybridized carbons (Fsp3) is 0.278. The molecule has 1 unspecified atom stereocenters. The van der Waals surface area contributed by atoms with Crippen LogP contribution in [0.2, 0.25) is 0 Å². The van der Waals surface area contributed by atoms with Gasteiger partial charge in [0.1, 0.15) is 0 Å². The Hall–Kier alpha value is -2.58. The van der Waals surface area contributed by atoms with Crippen LogP contribution in [0.15, 0.2) is 46.8 Å². The Labute approximate surface area is 129 Å². The second-order valence-electron chi connectivity index (χ2n) is 5.28. The molecule has 2 aliphatic rings. The van der Waals surface area contributed by atoms with Crippen molar-refractivity contribution >= 4 is 12.0 Å².